The molecule has 4 aliphatic rings. The number of amides is 1. The second-order valence-electron chi connectivity index (χ2n) is 8.16. The molecule has 1 amide bonds. The topological polar surface area (TPSA) is 46.9 Å². The van der Waals surface area contributed by atoms with Crippen molar-refractivity contribution in [3.05, 3.63) is 48.3 Å². The molecule has 0 atom stereocenters. The van der Waals surface area contributed by atoms with E-state index >= 15 is 0 Å². The molecule has 0 aliphatic heterocycles. The lowest BCUT2D eigenvalue weighted by molar-refractivity contribution is -0.0167. The Morgan fingerprint density at radius 1 is 1.04 bits per heavy atom. The van der Waals surface area contributed by atoms with Crippen molar-refractivity contribution in [2.75, 3.05) is 0 Å². The summed E-state index contributed by atoms with van der Waals surface area (Å²) in [5, 5.41) is 7.77. The van der Waals surface area contributed by atoms with E-state index < -0.39 is 0 Å². The Labute approximate surface area is 142 Å². The number of nitrogens with zero attached hydrogens (tertiary/aromatic N) is 2. The molecule has 2 aromatic rings. The van der Waals surface area contributed by atoms with Crippen LogP contribution in [0.3, 0.4) is 0 Å². The predicted molar refractivity (Wildman–Crippen MR) is 91.9 cm³/mol. The van der Waals surface area contributed by atoms with Crippen molar-refractivity contribution in [3.8, 4) is 5.69 Å². The van der Waals surface area contributed by atoms with Gasteiger partial charge in [-0.2, -0.15) is 5.10 Å². The van der Waals surface area contributed by atoms with Crippen molar-refractivity contribution >= 4 is 5.91 Å². The zero-order valence-electron chi connectivity index (χ0n) is 13.8. The number of rotatable bonds is 3. The molecule has 4 nitrogen and oxygen atoms in total. The summed E-state index contributed by atoms with van der Waals surface area (Å²) in [4.78, 5) is 12.8. The Balaban J connectivity index is 1.35. The molecule has 4 fully saturated rings. The fraction of sp³-hybridized carbons (Fsp3) is 0.500. The van der Waals surface area contributed by atoms with Crippen molar-refractivity contribution in [1.82, 2.24) is 15.1 Å². The number of benzene rings is 1. The van der Waals surface area contributed by atoms with Gasteiger partial charge in [0.05, 0.1) is 17.4 Å². The summed E-state index contributed by atoms with van der Waals surface area (Å²) >= 11 is 0. The second kappa shape index (κ2) is 5.20. The molecule has 1 aromatic carbocycles. The molecule has 4 heteroatoms. The van der Waals surface area contributed by atoms with Gasteiger partial charge in [0, 0.05) is 11.7 Å². The van der Waals surface area contributed by atoms with Gasteiger partial charge in [-0.15, -0.1) is 0 Å². The molecule has 4 aliphatic carbocycles. The van der Waals surface area contributed by atoms with Gasteiger partial charge in [0.25, 0.3) is 5.91 Å². The smallest absolute Gasteiger partial charge is 0.254 e. The van der Waals surface area contributed by atoms with Crippen LogP contribution in [0.15, 0.2) is 42.7 Å². The summed E-state index contributed by atoms with van der Waals surface area (Å²) in [6.45, 7) is 0. The highest BCUT2D eigenvalue weighted by atomic mass is 16.1. The summed E-state index contributed by atoms with van der Waals surface area (Å²) < 4.78 is 1.77. The number of aromatic nitrogens is 2. The lowest BCUT2D eigenvalue weighted by Crippen LogP contribution is -2.59. The first-order valence-corrected chi connectivity index (χ1v) is 9.12. The van der Waals surface area contributed by atoms with Crippen LogP contribution in [0, 0.1) is 17.8 Å². The molecular weight excluding hydrogens is 298 g/mol. The van der Waals surface area contributed by atoms with Gasteiger partial charge in [-0.25, -0.2) is 4.68 Å². The maximum absolute atomic E-state index is 12.8. The summed E-state index contributed by atoms with van der Waals surface area (Å²) in [7, 11) is 0. The van der Waals surface area contributed by atoms with Crippen molar-refractivity contribution in [2.45, 2.75) is 44.1 Å². The summed E-state index contributed by atoms with van der Waals surface area (Å²) in [6.07, 6.45) is 11.2. The van der Waals surface area contributed by atoms with E-state index in [0.717, 1.165) is 23.4 Å². The molecule has 4 saturated carbocycles. The van der Waals surface area contributed by atoms with Crippen LogP contribution in [-0.2, 0) is 0 Å². The number of hydrogen-bond acceptors (Lipinski definition) is 2. The molecule has 1 aromatic heterocycles. The third kappa shape index (κ3) is 2.36. The van der Waals surface area contributed by atoms with E-state index in [0.29, 0.717) is 5.56 Å². The fourth-order valence-electron chi connectivity index (χ4n) is 5.74. The van der Waals surface area contributed by atoms with Gasteiger partial charge < -0.3 is 5.32 Å². The predicted octanol–water partition coefficient (Wildman–Crippen LogP) is 3.57. The Kier molecular flexibility index (Phi) is 3.09. The van der Waals surface area contributed by atoms with E-state index in [1.165, 1.54) is 38.5 Å². The minimum atomic E-state index is 0.0409. The highest BCUT2D eigenvalue weighted by molar-refractivity contribution is 5.94. The molecule has 0 unspecified atom stereocenters. The van der Waals surface area contributed by atoms with Gasteiger partial charge in [-0.3, -0.25) is 4.79 Å². The Morgan fingerprint density at radius 2 is 1.67 bits per heavy atom. The van der Waals surface area contributed by atoms with Crippen LogP contribution in [0.25, 0.3) is 5.69 Å². The highest BCUT2D eigenvalue weighted by Gasteiger charge is 2.51. The first kappa shape index (κ1) is 14.3. The molecule has 24 heavy (non-hydrogen) atoms. The van der Waals surface area contributed by atoms with E-state index in [1.54, 1.807) is 10.9 Å². The van der Waals surface area contributed by atoms with Gasteiger partial charge in [-0.05, 0) is 68.4 Å². The molecule has 6 rings (SSSR count). The number of nitrogens with one attached hydrogen (secondary N) is 1. The lowest BCUT2D eigenvalue weighted by atomic mass is 9.53. The number of carbonyl (C=O) groups is 1. The lowest BCUT2D eigenvalue weighted by Gasteiger charge is -2.56. The van der Waals surface area contributed by atoms with Crippen molar-refractivity contribution in [2.24, 2.45) is 17.8 Å². The maximum atomic E-state index is 12.8. The molecule has 1 heterocycles. The number of carbonyl (C=O) groups excluding carboxylic acids is 1. The molecule has 0 radical (unpaired) electrons. The van der Waals surface area contributed by atoms with Crippen LogP contribution >= 0.6 is 0 Å². The number of hydrogen-bond donors (Lipinski definition) is 1. The van der Waals surface area contributed by atoms with E-state index in [-0.39, 0.29) is 11.4 Å². The van der Waals surface area contributed by atoms with E-state index in [2.05, 4.69) is 10.4 Å². The molecule has 0 spiro atoms. The third-order valence-corrected chi connectivity index (χ3v) is 6.28. The molecule has 0 saturated heterocycles. The van der Waals surface area contributed by atoms with E-state index in [4.69, 9.17) is 0 Å². The number of para-hydroxylation sites is 1. The van der Waals surface area contributed by atoms with Crippen LogP contribution in [0.2, 0.25) is 0 Å². The van der Waals surface area contributed by atoms with Crippen LogP contribution in [-0.4, -0.2) is 21.2 Å². The minimum absolute atomic E-state index is 0.0409. The molecule has 124 valence electrons. The third-order valence-electron chi connectivity index (χ3n) is 6.28. The minimum Gasteiger partial charge on any atom is -0.346 e. The summed E-state index contributed by atoms with van der Waals surface area (Å²) in [5.74, 6) is 2.55. The first-order chi connectivity index (χ1) is 11.7. The SMILES string of the molecule is O=C(NC12CC3CC(CC(C3)C1)C2)c1cnn(-c2ccccc2)c1. The largest absolute Gasteiger partial charge is 0.346 e. The summed E-state index contributed by atoms with van der Waals surface area (Å²) in [5.41, 5.74) is 1.70. The molecule has 4 bridgehead atoms. The quantitative estimate of drug-likeness (QED) is 0.939. The van der Waals surface area contributed by atoms with Crippen LogP contribution < -0.4 is 5.32 Å². The Morgan fingerprint density at radius 3 is 2.29 bits per heavy atom. The van der Waals surface area contributed by atoms with Crippen molar-refractivity contribution < 1.29 is 4.79 Å². The fourth-order valence-corrected chi connectivity index (χ4v) is 5.74. The van der Waals surface area contributed by atoms with Crippen LogP contribution in [0.4, 0.5) is 0 Å². The van der Waals surface area contributed by atoms with Crippen molar-refractivity contribution in [3.63, 3.8) is 0 Å². The first-order valence-electron chi connectivity index (χ1n) is 9.12. The van der Waals surface area contributed by atoms with Gasteiger partial charge in [0.2, 0.25) is 0 Å². The van der Waals surface area contributed by atoms with Gasteiger partial charge in [0.15, 0.2) is 0 Å². The maximum Gasteiger partial charge on any atom is 0.254 e. The second-order valence-corrected chi connectivity index (χ2v) is 8.16. The van der Waals surface area contributed by atoms with Gasteiger partial charge in [-0.1, -0.05) is 18.2 Å². The zero-order valence-corrected chi connectivity index (χ0v) is 13.8. The standard InChI is InChI=1S/C20H23N3O/c24-19(17-12-21-23(13-17)18-4-2-1-3-5-18)22-20-9-14-6-15(10-20)8-16(7-14)11-20/h1-5,12-16H,6-11H2,(H,22,24). The average molecular weight is 321 g/mol. The van der Waals surface area contributed by atoms with Crippen molar-refractivity contribution in [1.29, 1.82) is 0 Å². The molecule has 1 N–H and O–H groups in total. The van der Waals surface area contributed by atoms with Crippen LogP contribution in [0.1, 0.15) is 48.9 Å². The normalized spacial score (nSPS) is 33.6. The monoisotopic (exact) mass is 321 g/mol. The van der Waals surface area contributed by atoms with Gasteiger partial charge >= 0.3 is 0 Å². The average Bonchev–Trinajstić information content (AvgIpc) is 3.04. The van der Waals surface area contributed by atoms with E-state index in [9.17, 15) is 4.79 Å². The van der Waals surface area contributed by atoms with Crippen LogP contribution in [0.5, 0.6) is 0 Å². The Hall–Kier alpha value is -2.10. The Bertz CT molecular complexity index is 729. The molecular formula is C20H23N3O. The van der Waals surface area contributed by atoms with Gasteiger partial charge in [0.1, 0.15) is 0 Å². The summed E-state index contributed by atoms with van der Waals surface area (Å²) in [6, 6.07) is 9.92. The highest BCUT2D eigenvalue weighted by Crippen LogP contribution is 2.55. The zero-order chi connectivity index (χ0) is 16.1. The van der Waals surface area contributed by atoms with E-state index in [1.807, 2.05) is 36.5 Å².